The number of rotatable bonds is 5. The summed E-state index contributed by atoms with van der Waals surface area (Å²) in [6.07, 6.45) is 1.84. The zero-order valence-electron chi connectivity index (χ0n) is 9.88. The molecule has 0 aliphatic carbocycles. The fraction of sp³-hybridized carbons (Fsp3) is 0.250. The molecule has 0 fully saturated rings. The normalized spacial score (nSPS) is 10.9. The van der Waals surface area contributed by atoms with Gasteiger partial charge in [-0.2, -0.15) is 0 Å². The minimum atomic E-state index is 0.498. The molecule has 6 heteroatoms. The summed E-state index contributed by atoms with van der Waals surface area (Å²) in [5.74, 6) is 0.573. The Kier molecular flexibility index (Phi) is 4.47. The van der Waals surface area contributed by atoms with Gasteiger partial charge >= 0.3 is 0 Å². The standard InChI is InChI=1S/C12H13Cl2N3O/c1-16(14)8-9-18-12-6-7-17(15-12)11-4-2-10(13)3-5-11/h2-7H,8-9H2,1H3. The Labute approximate surface area is 116 Å². The van der Waals surface area contributed by atoms with Gasteiger partial charge in [0.15, 0.2) is 0 Å². The summed E-state index contributed by atoms with van der Waals surface area (Å²) < 4.78 is 8.73. The van der Waals surface area contributed by atoms with Crippen molar-refractivity contribution in [2.45, 2.75) is 0 Å². The van der Waals surface area contributed by atoms with Crippen molar-refractivity contribution in [2.24, 2.45) is 0 Å². The Bertz CT molecular complexity index is 496. The molecule has 0 aliphatic heterocycles. The highest BCUT2D eigenvalue weighted by Crippen LogP contribution is 2.15. The Morgan fingerprint density at radius 2 is 2.00 bits per heavy atom. The van der Waals surface area contributed by atoms with Crippen LogP contribution in [0.15, 0.2) is 36.5 Å². The SMILES string of the molecule is CN(Cl)CCOc1ccn(-c2ccc(Cl)cc2)n1. The third-order valence-corrected chi connectivity index (χ3v) is 2.73. The maximum absolute atomic E-state index is 5.83. The summed E-state index contributed by atoms with van der Waals surface area (Å²) in [6, 6.07) is 9.24. The molecule has 2 rings (SSSR count). The Balaban J connectivity index is 1.99. The molecule has 0 N–H and O–H groups in total. The zero-order chi connectivity index (χ0) is 13.0. The maximum Gasteiger partial charge on any atom is 0.233 e. The lowest BCUT2D eigenvalue weighted by molar-refractivity contribution is 0.279. The van der Waals surface area contributed by atoms with E-state index >= 15 is 0 Å². The first-order chi connectivity index (χ1) is 8.65. The van der Waals surface area contributed by atoms with Crippen molar-refractivity contribution in [1.82, 2.24) is 14.2 Å². The highest BCUT2D eigenvalue weighted by atomic mass is 35.5. The Hall–Kier alpha value is -1.23. The largest absolute Gasteiger partial charge is 0.475 e. The number of benzene rings is 1. The molecule has 96 valence electrons. The quantitative estimate of drug-likeness (QED) is 0.792. The van der Waals surface area contributed by atoms with Gasteiger partial charge in [0.2, 0.25) is 5.88 Å². The van der Waals surface area contributed by atoms with Crippen molar-refractivity contribution in [2.75, 3.05) is 20.2 Å². The average molecular weight is 286 g/mol. The first-order valence-electron chi connectivity index (χ1n) is 5.46. The smallest absolute Gasteiger partial charge is 0.233 e. The molecular weight excluding hydrogens is 273 g/mol. The summed E-state index contributed by atoms with van der Waals surface area (Å²) in [5, 5.41) is 5.00. The van der Waals surface area contributed by atoms with Gasteiger partial charge in [-0.1, -0.05) is 11.6 Å². The van der Waals surface area contributed by atoms with E-state index in [1.807, 2.05) is 36.5 Å². The van der Waals surface area contributed by atoms with Gasteiger partial charge in [-0.25, -0.2) is 9.10 Å². The second kappa shape index (κ2) is 6.09. The number of hydrogen-bond donors (Lipinski definition) is 0. The van der Waals surface area contributed by atoms with Gasteiger partial charge in [0.1, 0.15) is 6.61 Å². The molecule has 4 nitrogen and oxygen atoms in total. The van der Waals surface area contributed by atoms with E-state index in [-0.39, 0.29) is 0 Å². The molecule has 0 atom stereocenters. The molecule has 0 saturated heterocycles. The first kappa shape index (κ1) is 13.2. The van der Waals surface area contributed by atoms with E-state index in [4.69, 9.17) is 28.1 Å². The van der Waals surface area contributed by atoms with E-state index in [1.54, 1.807) is 11.7 Å². The van der Waals surface area contributed by atoms with Crippen molar-refractivity contribution in [3.63, 3.8) is 0 Å². The molecule has 0 amide bonds. The fourth-order valence-electron chi connectivity index (χ4n) is 1.40. The van der Waals surface area contributed by atoms with Crippen LogP contribution in [0.4, 0.5) is 0 Å². The highest BCUT2D eigenvalue weighted by molar-refractivity contribution is 6.30. The second-order valence-electron chi connectivity index (χ2n) is 3.75. The van der Waals surface area contributed by atoms with E-state index in [2.05, 4.69) is 5.10 Å². The maximum atomic E-state index is 5.83. The van der Waals surface area contributed by atoms with Gasteiger partial charge in [-0.3, -0.25) is 0 Å². The molecule has 1 aromatic carbocycles. The van der Waals surface area contributed by atoms with E-state index in [1.165, 1.54) is 4.42 Å². The molecular formula is C12H13Cl2N3O. The van der Waals surface area contributed by atoms with E-state index in [0.717, 1.165) is 5.69 Å². The summed E-state index contributed by atoms with van der Waals surface area (Å²) in [5.41, 5.74) is 0.934. The second-order valence-corrected chi connectivity index (χ2v) is 4.77. The van der Waals surface area contributed by atoms with Crippen LogP contribution in [-0.4, -0.2) is 34.4 Å². The summed E-state index contributed by atoms with van der Waals surface area (Å²) in [6.45, 7) is 1.13. The van der Waals surface area contributed by atoms with Crippen molar-refractivity contribution >= 4 is 23.4 Å². The molecule has 0 spiro atoms. The monoisotopic (exact) mass is 285 g/mol. The minimum Gasteiger partial charge on any atom is -0.475 e. The zero-order valence-corrected chi connectivity index (χ0v) is 11.4. The van der Waals surface area contributed by atoms with Gasteiger partial charge in [0.05, 0.1) is 5.69 Å². The molecule has 0 bridgehead atoms. The van der Waals surface area contributed by atoms with Crippen LogP contribution in [0.3, 0.4) is 0 Å². The predicted molar refractivity (Wildman–Crippen MR) is 72.6 cm³/mol. The fourth-order valence-corrected chi connectivity index (χ4v) is 1.59. The molecule has 2 aromatic rings. The van der Waals surface area contributed by atoms with Crippen LogP contribution in [0, 0.1) is 0 Å². The van der Waals surface area contributed by atoms with Crippen molar-refractivity contribution in [1.29, 1.82) is 0 Å². The van der Waals surface area contributed by atoms with Crippen molar-refractivity contribution in [3.05, 3.63) is 41.6 Å². The molecule has 1 heterocycles. The Morgan fingerprint density at radius 3 is 2.67 bits per heavy atom. The Morgan fingerprint density at radius 1 is 1.28 bits per heavy atom. The molecule has 18 heavy (non-hydrogen) atoms. The van der Waals surface area contributed by atoms with E-state index < -0.39 is 0 Å². The molecule has 0 unspecified atom stereocenters. The van der Waals surface area contributed by atoms with Crippen LogP contribution in [-0.2, 0) is 0 Å². The van der Waals surface area contributed by atoms with Gasteiger partial charge in [-0.05, 0) is 36.0 Å². The van der Waals surface area contributed by atoms with Gasteiger partial charge in [0.25, 0.3) is 0 Å². The van der Waals surface area contributed by atoms with E-state index in [0.29, 0.717) is 24.1 Å². The van der Waals surface area contributed by atoms with Crippen LogP contribution in [0.25, 0.3) is 5.69 Å². The van der Waals surface area contributed by atoms with Crippen molar-refractivity contribution in [3.8, 4) is 11.6 Å². The van der Waals surface area contributed by atoms with Gasteiger partial charge in [-0.15, -0.1) is 5.10 Å². The number of likely N-dealkylation sites (N-methyl/N-ethyl adjacent to an activating group) is 1. The van der Waals surface area contributed by atoms with Crippen LogP contribution in [0.2, 0.25) is 5.02 Å². The predicted octanol–water partition coefficient (Wildman–Crippen LogP) is 2.99. The van der Waals surface area contributed by atoms with Crippen LogP contribution in [0.5, 0.6) is 5.88 Å². The summed E-state index contributed by atoms with van der Waals surface area (Å²) >= 11 is 11.5. The van der Waals surface area contributed by atoms with Gasteiger partial charge in [0, 0.05) is 30.9 Å². The number of nitrogens with zero attached hydrogens (tertiary/aromatic N) is 3. The highest BCUT2D eigenvalue weighted by Gasteiger charge is 2.02. The minimum absolute atomic E-state index is 0.498. The van der Waals surface area contributed by atoms with Gasteiger partial charge < -0.3 is 4.74 Å². The first-order valence-corrected chi connectivity index (χ1v) is 6.18. The summed E-state index contributed by atoms with van der Waals surface area (Å²) in [7, 11) is 1.78. The molecule has 1 aromatic heterocycles. The number of hydrogen-bond acceptors (Lipinski definition) is 3. The van der Waals surface area contributed by atoms with Crippen molar-refractivity contribution < 1.29 is 4.74 Å². The number of aromatic nitrogens is 2. The summed E-state index contributed by atoms with van der Waals surface area (Å²) in [4.78, 5) is 0. The number of halogens is 2. The lowest BCUT2D eigenvalue weighted by atomic mass is 10.3. The third-order valence-electron chi connectivity index (χ3n) is 2.31. The van der Waals surface area contributed by atoms with Crippen LogP contribution in [0.1, 0.15) is 0 Å². The average Bonchev–Trinajstić information content (AvgIpc) is 2.78. The topological polar surface area (TPSA) is 30.3 Å². The van der Waals surface area contributed by atoms with Crippen LogP contribution < -0.4 is 4.74 Å². The number of ether oxygens (including phenoxy) is 1. The third kappa shape index (κ3) is 3.63. The molecule has 0 radical (unpaired) electrons. The molecule has 0 saturated carbocycles. The molecule has 0 aliphatic rings. The van der Waals surface area contributed by atoms with E-state index in [9.17, 15) is 0 Å². The van der Waals surface area contributed by atoms with Crippen LogP contribution >= 0.6 is 23.4 Å². The lowest BCUT2D eigenvalue weighted by Gasteiger charge is -2.06. The lowest BCUT2D eigenvalue weighted by Crippen LogP contribution is -2.15.